The monoisotopic (exact) mass is 489 g/mol. The molecular weight excluding hydrogens is 455 g/mol. The van der Waals surface area contributed by atoms with Gasteiger partial charge in [0, 0.05) is 39.4 Å². The van der Waals surface area contributed by atoms with Crippen LogP contribution in [0.1, 0.15) is 67.3 Å². The van der Waals surface area contributed by atoms with E-state index in [9.17, 15) is 18.0 Å². The molecule has 5 nitrogen and oxygen atoms in total. The lowest BCUT2D eigenvalue weighted by Gasteiger charge is -2.39. The van der Waals surface area contributed by atoms with Crippen LogP contribution in [0.2, 0.25) is 0 Å². The summed E-state index contributed by atoms with van der Waals surface area (Å²) in [6.45, 7) is 4.93. The SMILES string of the molecule is CCN(C)C(=O)C1CN(Cc2ccc(OCc3cc(C(F)(F)F)c(C4CCCCC4)cn3)cc2)C1. The molecular formula is C27H34F3N3O2. The van der Waals surface area contributed by atoms with Crippen molar-refractivity contribution in [2.75, 3.05) is 26.7 Å². The molecule has 2 heterocycles. The molecule has 2 aromatic rings. The Kier molecular flexibility index (Phi) is 7.99. The van der Waals surface area contributed by atoms with Crippen LogP contribution in [0.15, 0.2) is 36.5 Å². The zero-order chi connectivity index (χ0) is 25.0. The molecule has 1 saturated heterocycles. The van der Waals surface area contributed by atoms with Crippen LogP contribution in [0, 0.1) is 5.92 Å². The Bertz CT molecular complexity index is 998. The predicted octanol–water partition coefficient (Wildman–Crippen LogP) is 5.64. The van der Waals surface area contributed by atoms with Crippen molar-refractivity contribution < 1.29 is 22.7 Å². The average Bonchev–Trinajstić information content (AvgIpc) is 2.84. The molecule has 1 aliphatic carbocycles. The summed E-state index contributed by atoms with van der Waals surface area (Å²) in [5.41, 5.74) is 1.11. The first-order valence-electron chi connectivity index (χ1n) is 12.5. The maximum atomic E-state index is 13.8. The summed E-state index contributed by atoms with van der Waals surface area (Å²) in [6.07, 6.45) is 1.60. The highest BCUT2D eigenvalue weighted by atomic mass is 19.4. The number of pyridine rings is 1. The Morgan fingerprint density at radius 1 is 1.14 bits per heavy atom. The number of amides is 1. The van der Waals surface area contributed by atoms with Crippen LogP contribution < -0.4 is 4.74 Å². The zero-order valence-corrected chi connectivity index (χ0v) is 20.5. The van der Waals surface area contributed by atoms with Gasteiger partial charge in [-0.25, -0.2) is 0 Å². The number of nitrogens with zero attached hydrogens (tertiary/aromatic N) is 3. The van der Waals surface area contributed by atoms with E-state index in [2.05, 4.69) is 9.88 Å². The number of rotatable bonds is 8. The molecule has 35 heavy (non-hydrogen) atoms. The number of benzene rings is 1. The van der Waals surface area contributed by atoms with Gasteiger partial charge >= 0.3 is 6.18 Å². The summed E-state index contributed by atoms with van der Waals surface area (Å²) in [6, 6.07) is 8.69. The summed E-state index contributed by atoms with van der Waals surface area (Å²) in [5, 5.41) is 0. The lowest BCUT2D eigenvalue weighted by Crippen LogP contribution is -2.53. The molecule has 190 valence electrons. The van der Waals surface area contributed by atoms with Crippen LogP contribution in [-0.4, -0.2) is 47.4 Å². The molecule has 1 saturated carbocycles. The second-order valence-corrected chi connectivity index (χ2v) is 9.77. The highest BCUT2D eigenvalue weighted by molar-refractivity contribution is 5.79. The van der Waals surface area contributed by atoms with Gasteiger partial charge in [0.05, 0.1) is 17.2 Å². The fraction of sp³-hybridized carbons (Fsp3) is 0.556. The van der Waals surface area contributed by atoms with Gasteiger partial charge in [-0.2, -0.15) is 13.2 Å². The zero-order valence-electron chi connectivity index (χ0n) is 20.5. The van der Waals surface area contributed by atoms with Crippen molar-refractivity contribution in [3.63, 3.8) is 0 Å². The Hall–Kier alpha value is -2.61. The molecule has 1 aromatic heterocycles. The van der Waals surface area contributed by atoms with Gasteiger partial charge in [-0.1, -0.05) is 31.4 Å². The Morgan fingerprint density at radius 2 is 1.83 bits per heavy atom. The molecule has 8 heteroatoms. The van der Waals surface area contributed by atoms with E-state index < -0.39 is 11.7 Å². The first kappa shape index (κ1) is 25.5. The van der Waals surface area contributed by atoms with Crippen molar-refractivity contribution in [2.45, 2.75) is 64.3 Å². The van der Waals surface area contributed by atoms with Crippen LogP contribution in [-0.2, 0) is 24.1 Å². The maximum Gasteiger partial charge on any atom is 0.416 e. The third kappa shape index (κ3) is 6.34. The number of alkyl halides is 3. The van der Waals surface area contributed by atoms with Gasteiger partial charge in [-0.15, -0.1) is 0 Å². The molecule has 1 aromatic carbocycles. The van der Waals surface area contributed by atoms with E-state index in [-0.39, 0.29) is 30.0 Å². The number of halogens is 3. The summed E-state index contributed by atoms with van der Waals surface area (Å²) in [5.74, 6) is 0.784. The molecule has 0 spiro atoms. The molecule has 0 N–H and O–H groups in total. The van der Waals surface area contributed by atoms with Gasteiger partial charge in [0.15, 0.2) is 0 Å². The summed E-state index contributed by atoms with van der Waals surface area (Å²) in [4.78, 5) is 20.4. The second kappa shape index (κ2) is 11.0. The molecule has 4 rings (SSSR count). The van der Waals surface area contributed by atoms with Gasteiger partial charge in [0.2, 0.25) is 5.91 Å². The van der Waals surface area contributed by atoms with Gasteiger partial charge in [-0.05, 0) is 55.0 Å². The minimum absolute atomic E-state index is 0.0196. The molecule has 2 fully saturated rings. The number of carbonyl (C=O) groups is 1. The molecule has 1 aliphatic heterocycles. The standard InChI is InChI=1S/C27H34F3N3O2/c1-3-32(2)26(34)21-16-33(17-21)15-19-9-11-23(12-10-19)35-18-22-13-25(27(28,29)30)24(14-31-22)20-7-5-4-6-8-20/h9-14,20-21H,3-8,15-18H2,1-2H3. The maximum absolute atomic E-state index is 13.8. The number of aromatic nitrogens is 1. The number of ether oxygens (including phenoxy) is 1. The van der Waals surface area contributed by atoms with E-state index in [0.29, 0.717) is 17.9 Å². The summed E-state index contributed by atoms with van der Waals surface area (Å²) >= 11 is 0. The minimum Gasteiger partial charge on any atom is -0.487 e. The second-order valence-electron chi connectivity index (χ2n) is 9.77. The highest BCUT2D eigenvalue weighted by Crippen LogP contribution is 2.40. The Morgan fingerprint density at radius 3 is 2.46 bits per heavy atom. The van der Waals surface area contributed by atoms with Crippen LogP contribution in [0.25, 0.3) is 0 Å². The normalized spacial score (nSPS) is 17.7. The Balaban J connectivity index is 1.31. The fourth-order valence-electron chi connectivity index (χ4n) is 5.00. The lowest BCUT2D eigenvalue weighted by molar-refractivity contribution is -0.140. The molecule has 0 bridgehead atoms. The van der Waals surface area contributed by atoms with Gasteiger partial charge in [0.25, 0.3) is 0 Å². The average molecular weight is 490 g/mol. The van der Waals surface area contributed by atoms with Gasteiger partial charge in [0.1, 0.15) is 12.4 Å². The summed E-state index contributed by atoms with van der Waals surface area (Å²) < 4.78 is 47.0. The summed E-state index contributed by atoms with van der Waals surface area (Å²) in [7, 11) is 1.83. The predicted molar refractivity (Wildman–Crippen MR) is 128 cm³/mol. The lowest BCUT2D eigenvalue weighted by atomic mass is 9.82. The van der Waals surface area contributed by atoms with E-state index in [1.807, 2.05) is 38.2 Å². The van der Waals surface area contributed by atoms with E-state index in [1.54, 1.807) is 4.90 Å². The van der Waals surface area contributed by atoms with Crippen molar-refractivity contribution in [3.8, 4) is 5.75 Å². The third-order valence-corrected chi connectivity index (χ3v) is 7.22. The van der Waals surface area contributed by atoms with Crippen LogP contribution in [0.4, 0.5) is 13.2 Å². The van der Waals surface area contributed by atoms with Crippen molar-refractivity contribution in [3.05, 3.63) is 58.9 Å². The van der Waals surface area contributed by atoms with Crippen LogP contribution in [0.5, 0.6) is 5.75 Å². The number of likely N-dealkylation sites (tertiary alicyclic amines) is 1. The van der Waals surface area contributed by atoms with Crippen LogP contribution >= 0.6 is 0 Å². The van der Waals surface area contributed by atoms with Gasteiger partial charge in [-0.3, -0.25) is 14.7 Å². The van der Waals surface area contributed by atoms with E-state index in [0.717, 1.165) is 63.4 Å². The quantitative estimate of drug-likeness (QED) is 0.482. The van der Waals surface area contributed by atoms with Gasteiger partial charge < -0.3 is 9.64 Å². The molecule has 0 atom stereocenters. The Labute approximate surface area is 205 Å². The largest absolute Gasteiger partial charge is 0.487 e. The van der Waals surface area contributed by atoms with Crippen LogP contribution in [0.3, 0.4) is 0 Å². The fourth-order valence-corrected chi connectivity index (χ4v) is 5.00. The van der Waals surface area contributed by atoms with E-state index in [1.165, 1.54) is 6.20 Å². The van der Waals surface area contributed by atoms with Crippen molar-refractivity contribution in [2.24, 2.45) is 5.92 Å². The highest BCUT2D eigenvalue weighted by Gasteiger charge is 2.36. The van der Waals surface area contributed by atoms with E-state index in [4.69, 9.17) is 4.74 Å². The number of carbonyl (C=O) groups excluding carboxylic acids is 1. The topological polar surface area (TPSA) is 45.7 Å². The first-order valence-corrected chi connectivity index (χ1v) is 12.5. The van der Waals surface area contributed by atoms with E-state index >= 15 is 0 Å². The third-order valence-electron chi connectivity index (χ3n) is 7.22. The van der Waals surface area contributed by atoms with Crippen molar-refractivity contribution >= 4 is 5.91 Å². The number of hydrogen-bond acceptors (Lipinski definition) is 4. The molecule has 2 aliphatic rings. The minimum atomic E-state index is -4.40. The molecule has 0 unspecified atom stereocenters. The van der Waals surface area contributed by atoms with Crippen molar-refractivity contribution in [1.82, 2.24) is 14.8 Å². The molecule has 1 amide bonds. The molecule has 0 radical (unpaired) electrons. The number of hydrogen-bond donors (Lipinski definition) is 0. The van der Waals surface area contributed by atoms with Crippen molar-refractivity contribution in [1.29, 1.82) is 0 Å². The smallest absolute Gasteiger partial charge is 0.416 e. The first-order chi connectivity index (χ1) is 16.7.